The van der Waals surface area contributed by atoms with Crippen molar-refractivity contribution in [3.05, 3.63) is 44.5 Å². The highest BCUT2D eigenvalue weighted by molar-refractivity contribution is 7.16. The number of nitrogens with one attached hydrogen (secondary N) is 1. The third kappa shape index (κ3) is 5.00. The Morgan fingerprint density at radius 3 is 3.00 bits per heavy atom. The van der Waals surface area contributed by atoms with Gasteiger partial charge in [0.05, 0.1) is 18.8 Å². The van der Waals surface area contributed by atoms with Crippen molar-refractivity contribution in [2.75, 3.05) is 18.5 Å². The second kappa shape index (κ2) is 9.53. The number of rotatable bonds is 6. The molecule has 2 aromatic rings. The summed E-state index contributed by atoms with van der Waals surface area (Å²) in [5, 5.41) is 14.9. The number of nitrogens with zero attached hydrogens (tertiary/aromatic N) is 1. The Kier molecular flexibility index (Phi) is 6.85. The summed E-state index contributed by atoms with van der Waals surface area (Å²) in [5.41, 5.74) is 1.54. The molecular weight excluding hydrogens is 396 g/mol. The van der Waals surface area contributed by atoms with Crippen LogP contribution in [0.4, 0.5) is 9.80 Å². The topological polar surface area (TPSA) is 88.4 Å². The highest BCUT2D eigenvalue weighted by atomic mass is 32.1. The van der Waals surface area contributed by atoms with Crippen LogP contribution in [0.5, 0.6) is 0 Å². The van der Waals surface area contributed by atoms with E-state index in [4.69, 9.17) is 9.47 Å². The number of hydrogen-bond acceptors (Lipinski definition) is 7. The summed E-state index contributed by atoms with van der Waals surface area (Å²) in [6.07, 6.45) is 4.84. The van der Waals surface area contributed by atoms with Crippen molar-refractivity contribution < 1.29 is 19.1 Å². The molecule has 1 aliphatic rings. The number of hydrogen-bond donors (Lipinski definition) is 1. The predicted molar refractivity (Wildman–Crippen MR) is 110 cm³/mol. The van der Waals surface area contributed by atoms with Gasteiger partial charge < -0.3 is 14.8 Å². The number of carbonyl (C=O) groups is 2. The van der Waals surface area contributed by atoms with Crippen molar-refractivity contribution in [2.24, 2.45) is 5.92 Å². The van der Waals surface area contributed by atoms with Crippen molar-refractivity contribution in [3.8, 4) is 6.07 Å². The molecule has 1 aliphatic carbocycles. The summed E-state index contributed by atoms with van der Waals surface area (Å²) < 4.78 is 9.91. The van der Waals surface area contributed by atoms with Gasteiger partial charge in [-0.1, -0.05) is 6.07 Å². The first kappa shape index (κ1) is 20.1. The molecule has 6 nitrogen and oxygen atoms in total. The van der Waals surface area contributed by atoms with E-state index < -0.39 is 6.16 Å². The molecule has 2 aromatic heterocycles. The van der Waals surface area contributed by atoms with Gasteiger partial charge in [0, 0.05) is 15.8 Å². The second-order valence-electron chi connectivity index (χ2n) is 6.26. The minimum absolute atomic E-state index is 0.185. The van der Waals surface area contributed by atoms with Gasteiger partial charge in [-0.25, -0.2) is 4.79 Å². The lowest BCUT2D eigenvalue weighted by Crippen LogP contribution is -2.21. The zero-order chi connectivity index (χ0) is 19.9. The molecule has 1 amide bonds. The van der Waals surface area contributed by atoms with Crippen LogP contribution in [0.3, 0.4) is 0 Å². The minimum Gasteiger partial charge on any atom is -0.435 e. The number of fused-ring (bicyclic) bond motifs is 1. The zero-order valence-corrected chi connectivity index (χ0v) is 17.0. The first-order chi connectivity index (χ1) is 13.6. The Morgan fingerprint density at radius 1 is 1.43 bits per heavy atom. The van der Waals surface area contributed by atoms with Gasteiger partial charge in [-0.3, -0.25) is 4.79 Å². The minimum atomic E-state index is -0.650. The maximum Gasteiger partial charge on any atom is 0.508 e. The maximum atomic E-state index is 12.2. The van der Waals surface area contributed by atoms with Gasteiger partial charge in [0.2, 0.25) is 5.91 Å². The Hall–Kier alpha value is -2.63. The molecule has 0 radical (unpaired) electrons. The average molecular weight is 417 g/mol. The molecule has 0 aliphatic heterocycles. The molecule has 0 bridgehead atoms. The van der Waals surface area contributed by atoms with Gasteiger partial charge >= 0.3 is 6.16 Å². The Morgan fingerprint density at radius 2 is 2.29 bits per heavy atom. The van der Waals surface area contributed by atoms with E-state index in [0.717, 1.165) is 34.6 Å². The number of thiophene rings is 2. The summed E-state index contributed by atoms with van der Waals surface area (Å²) >= 11 is 2.98. The van der Waals surface area contributed by atoms with Gasteiger partial charge in [0.15, 0.2) is 0 Å². The molecular formula is C20H20N2O4S2. The molecule has 28 heavy (non-hydrogen) atoms. The lowest BCUT2D eigenvalue weighted by Gasteiger charge is -2.21. The van der Waals surface area contributed by atoms with Gasteiger partial charge in [0.25, 0.3) is 0 Å². The van der Waals surface area contributed by atoms with Crippen molar-refractivity contribution in [1.82, 2.24) is 0 Å². The summed E-state index contributed by atoms with van der Waals surface area (Å²) in [4.78, 5) is 25.6. The third-order valence-corrected chi connectivity index (χ3v) is 6.36. The van der Waals surface area contributed by atoms with Crippen molar-refractivity contribution in [1.29, 1.82) is 5.26 Å². The van der Waals surface area contributed by atoms with E-state index in [1.807, 2.05) is 17.5 Å². The van der Waals surface area contributed by atoms with E-state index in [-0.39, 0.29) is 18.4 Å². The molecule has 3 rings (SSSR count). The largest absolute Gasteiger partial charge is 0.508 e. The highest BCUT2D eigenvalue weighted by Crippen LogP contribution is 2.39. The number of anilines is 1. The van der Waals surface area contributed by atoms with Crippen LogP contribution in [0.1, 0.15) is 34.2 Å². The molecule has 1 N–H and O–H groups in total. The second-order valence-corrected chi connectivity index (χ2v) is 8.35. The van der Waals surface area contributed by atoms with E-state index in [1.54, 1.807) is 24.3 Å². The van der Waals surface area contributed by atoms with Gasteiger partial charge in [-0.15, -0.1) is 22.7 Å². The molecule has 0 spiro atoms. The van der Waals surface area contributed by atoms with Crippen molar-refractivity contribution in [3.63, 3.8) is 0 Å². The summed E-state index contributed by atoms with van der Waals surface area (Å²) in [5.74, 6) is -0.0740. The first-order valence-corrected chi connectivity index (χ1v) is 10.7. The summed E-state index contributed by atoms with van der Waals surface area (Å²) in [7, 11) is 0. The van der Waals surface area contributed by atoms with Crippen LogP contribution >= 0.6 is 22.7 Å². The molecule has 2 heterocycles. The van der Waals surface area contributed by atoms with E-state index in [0.29, 0.717) is 17.2 Å². The standard InChI is InChI=1S/C20H20N2O4S2/c1-2-25-20(24)26-12-13-5-7-15-16(11-21)19(28-17(15)10-13)22-18(23)8-6-14-4-3-9-27-14/h3-4,6,8-9,13H,2,5,7,10,12H2,1H3,(H,22,23)/b8-6+. The molecule has 1 atom stereocenters. The molecule has 0 saturated heterocycles. The molecule has 0 saturated carbocycles. The monoisotopic (exact) mass is 416 g/mol. The van der Waals surface area contributed by atoms with E-state index >= 15 is 0 Å². The summed E-state index contributed by atoms with van der Waals surface area (Å²) in [6.45, 7) is 2.31. The van der Waals surface area contributed by atoms with Crippen LogP contribution < -0.4 is 5.32 Å². The normalized spacial score (nSPS) is 15.6. The number of carbonyl (C=O) groups excluding carboxylic acids is 2. The quantitative estimate of drug-likeness (QED) is 0.549. The third-order valence-electron chi connectivity index (χ3n) is 4.36. The fourth-order valence-electron chi connectivity index (χ4n) is 3.05. The fourth-order valence-corrected chi connectivity index (χ4v) is 4.98. The molecule has 146 valence electrons. The van der Waals surface area contributed by atoms with Crippen LogP contribution in [0.15, 0.2) is 23.6 Å². The van der Waals surface area contributed by atoms with Crippen LogP contribution in [-0.2, 0) is 27.1 Å². The number of amides is 1. The van der Waals surface area contributed by atoms with Crippen LogP contribution in [-0.4, -0.2) is 25.3 Å². The van der Waals surface area contributed by atoms with E-state index in [2.05, 4.69) is 11.4 Å². The Bertz CT molecular complexity index is 910. The summed E-state index contributed by atoms with van der Waals surface area (Å²) in [6, 6.07) is 6.08. The molecule has 0 fully saturated rings. The van der Waals surface area contributed by atoms with E-state index in [1.165, 1.54) is 17.4 Å². The lowest BCUT2D eigenvalue weighted by molar-refractivity contribution is -0.111. The Balaban J connectivity index is 1.64. The van der Waals surface area contributed by atoms with E-state index in [9.17, 15) is 14.9 Å². The molecule has 0 aromatic carbocycles. The van der Waals surface area contributed by atoms with Gasteiger partial charge in [-0.2, -0.15) is 5.26 Å². The molecule has 1 unspecified atom stereocenters. The van der Waals surface area contributed by atoms with Crippen LogP contribution in [0.25, 0.3) is 6.08 Å². The average Bonchev–Trinajstić information content (AvgIpc) is 3.31. The number of ether oxygens (including phenoxy) is 2. The lowest BCUT2D eigenvalue weighted by atomic mass is 9.88. The van der Waals surface area contributed by atoms with Crippen LogP contribution in [0.2, 0.25) is 0 Å². The Labute approximate surface area is 171 Å². The van der Waals surface area contributed by atoms with Crippen LogP contribution in [0, 0.1) is 17.2 Å². The zero-order valence-electron chi connectivity index (χ0n) is 15.4. The fraction of sp³-hybridized carbons (Fsp3) is 0.350. The molecule has 8 heteroatoms. The maximum absolute atomic E-state index is 12.2. The number of nitriles is 1. The smallest absolute Gasteiger partial charge is 0.435 e. The predicted octanol–water partition coefficient (Wildman–Crippen LogP) is 4.61. The van der Waals surface area contributed by atoms with Gasteiger partial charge in [-0.05, 0) is 55.2 Å². The van der Waals surface area contributed by atoms with Crippen molar-refractivity contribution >= 4 is 45.8 Å². The SMILES string of the molecule is CCOC(=O)OCC1CCc2c(sc(NC(=O)/C=C/c3cccs3)c2C#N)C1. The first-order valence-electron chi connectivity index (χ1n) is 8.97. The van der Waals surface area contributed by atoms with Crippen molar-refractivity contribution in [2.45, 2.75) is 26.2 Å². The van der Waals surface area contributed by atoms with Gasteiger partial charge in [0.1, 0.15) is 11.1 Å². The highest BCUT2D eigenvalue weighted by Gasteiger charge is 2.27.